The number of hydrogen-bond acceptors (Lipinski definition) is 6. The minimum atomic E-state index is -1.49. The van der Waals surface area contributed by atoms with Gasteiger partial charge in [0.1, 0.15) is 5.75 Å². The molecule has 0 aliphatic carbocycles. The zero-order chi connectivity index (χ0) is 27.1. The summed E-state index contributed by atoms with van der Waals surface area (Å²) in [7, 11) is 1.52. The number of hydrogen-bond donors (Lipinski definition) is 2. The first-order valence-electron chi connectivity index (χ1n) is 11.8. The van der Waals surface area contributed by atoms with E-state index in [1.807, 2.05) is 0 Å². The third-order valence-corrected chi connectivity index (χ3v) is 6.67. The number of aliphatic hydroxyl groups is 1. The summed E-state index contributed by atoms with van der Waals surface area (Å²) in [5.41, 5.74) is 9.74. The van der Waals surface area contributed by atoms with Gasteiger partial charge in [0.25, 0.3) is 5.91 Å². The van der Waals surface area contributed by atoms with Gasteiger partial charge in [0, 0.05) is 58.3 Å². The maximum absolute atomic E-state index is 13.6. The quantitative estimate of drug-likeness (QED) is 0.139. The van der Waals surface area contributed by atoms with Crippen LogP contribution in [0.25, 0.3) is 10.4 Å². The van der Waals surface area contributed by atoms with Crippen molar-refractivity contribution in [1.82, 2.24) is 5.32 Å². The molecule has 0 saturated carbocycles. The van der Waals surface area contributed by atoms with Crippen LogP contribution in [0.15, 0.2) is 76.8 Å². The zero-order valence-corrected chi connectivity index (χ0v) is 22.0. The van der Waals surface area contributed by atoms with Crippen LogP contribution in [0.1, 0.15) is 29.2 Å². The van der Waals surface area contributed by atoms with Gasteiger partial charge in [0.05, 0.1) is 6.61 Å². The molecule has 0 fully saturated rings. The molecule has 1 heterocycles. The van der Waals surface area contributed by atoms with E-state index in [1.165, 1.54) is 7.05 Å². The molecule has 1 aliphatic heterocycles. The Morgan fingerprint density at radius 1 is 1.21 bits per heavy atom. The van der Waals surface area contributed by atoms with Gasteiger partial charge < -0.3 is 19.9 Å². The SMILES string of the molecule is CNC(=O)[C@]1(Cc2ccccc2N=[N+]=[N-])N=C(c2ccc(OCCCO)cc2)O[C@@H]1c1ccc(Cl)cc1Cl. The highest BCUT2D eigenvalue weighted by molar-refractivity contribution is 6.35. The zero-order valence-electron chi connectivity index (χ0n) is 20.5. The largest absolute Gasteiger partial charge is 0.494 e. The maximum Gasteiger partial charge on any atom is 0.252 e. The molecule has 0 radical (unpaired) electrons. The maximum atomic E-state index is 13.6. The number of nitrogens with zero attached hydrogens (tertiary/aromatic N) is 4. The molecule has 196 valence electrons. The molecule has 0 unspecified atom stereocenters. The molecular weight excluding hydrogens is 529 g/mol. The summed E-state index contributed by atoms with van der Waals surface area (Å²) in [6, 6.07) is 19.0. The Morgan fingerprint density at radius 3 is 2.66 bits per heavy atom. The summed E-state index contributed by atoms with van der Waals surface area (Å²) in [5.74, 6) is 0.468. The van der Waals surface area contributed by atoms with Crippen molar-refractivity contribution in [2.24, 2.45) is 10.1 Å². The number of aliphatic hydroxyl groups excluding tert-OH is 1. The lowest BCUT2D eigenvalue weighted by molar-refractivity contribution is -0.128. The van der Waals surface area contributed by atoms with Crippen LogP contribution in [0.4, 0.5) is 5.69 Å². The Bertz CT molecular complexity index is 1390. The van der Waals surface area contributed by atoms with Crippen LogP contribution in [0.5, 0.6) is 5.75 Å². The van der Waals surface area contributed by atoms with E-state index in [-0.39, 0.29) is 18.9 Å². The van der Waals surface area contributed by atoms with Gasteiger partial charge >= 0.3 is 0 Å². The minimum absolute atomic E-state index is 0.0434. The first-order valence-corrected chi connectivity index (χ1v) is 12.6. The Kier molecular flexibility index (Phi) is 8.76. The lowest BCUT2D eigenvalue weighted by Gasteiger charge is -2.31. The Balaban J connectivity index is 1.82. The molecular formula is C27H25Cl2N5O4. The minimum Gasteiger partial charge on any atom is -0.494 e. The van der Waals surface area contributed by atoms with Crippen molar-refractivity contribution < 1.29 is 19.4 Å². The van der Waals surface area contributed by atoms with Crippen molar-refractivity contribution >= 4 is 40.7 Å². The second-order valence-corrected chi connectivity index (χ2v) is 9.37. The van der Waals surface area contributed by atoms with Crippen LogP contribution in [0.2, 0.25) is 10.0 Å². The van der Waals surface area contributed by atoms with Gasteiger partial charge in [-0.3, -0.25) is 4.79 Å². The van der Waals surface area contributed by atoms with E-state index in [4.69, 9.17) is 48.3 Å². The highest BCUT2D eigenvalue weighted by Crippen LogP contribution is 2.45. The van der Waals surface area contributed by atoms with Gasteiger partial charge in [-0.05, 0) is 47.5 Å². The van der Waals surface area contributed by atoms with Gasteiger partial charge in [-0.15, -0.1) is 0 Å². The first kappa shape index (κ1) is 27.3. The fourth-order valence-electron chi connectivity index (χ4n) is 4.29. The van der Waals surface area contributed by atoms with Gasteiger partial charge in [0.2, 0.25) is 5.90 Å². The molecule has 11 heteroatoms. The number of aliphatic imine (C=N–C) groups is 1. The highest BCUT2D eigenvalue weighted by Gasteiger charge is 2.53. The molecule has 38 heavy (non-hydrogen) atoms. The predicted octanol–water partition coefficient (Wildman–Crippen LogP) is 5.94. The lowest BCUT2D eigenvalue weighted by Crippen LogP contribution is -2.48. The molecule has 9 nitrogen and oxygen atoms in total. The molecule has 4 rings (SSSR count). The second-order valence-electron chi connectivity index (χ2n) is 8.53. The fraction of sp³-hybridized carbons (Fsp3) is 0.259. The molecule has 1 aliphatic rings. The third-order valence-electron chi connectivity index (χ3n) is 6.11. The Hall–Kier alpha value is -3.75. The van der Waals surface area contributed by atoms with Crippen LogP contribution >= 0.6 is 23.2 Å². The number of nitrogens with one attached hydrogen (secondary N) is 1. The van der Waals surface area contributed by atoms with E-state index < -0.39 is 17.6 Å². The average Bonchev–Trinajstić information content (AvgIpc) is 3.30. The van der Waals surface area contributed by atoms with E-state index in [2.05, 4.69) is 15.3 Å². The molecule has 1 amide bonds. The topological polar surface area (TPSA) is 129 Å². The van der Waals surface area contributed by atoms with Crippen molar-refractivity contribution in [3.05, 3.63) is 104 Å². The number of carbonyl (C=O) groups is 1. The molecule has 0 saturated heterocycles. The van der Waals surface area contributed by atoms with E-state index in [0.29, 0.717) is 51.2 Å². The van der Waals surface area contributed by atoms with Crippen molar-refractivity contribution in [2.75, 3.05) is 20.3 Å². The number of ether oxygens (including phenoxy) is 2. The Morgan fingerprint density at radius 2 is 1.97 bits per heavy atom. The summed E-state index contributed by atoms with van der Waals surface area (Å²) >= 11 is 12.7. The number of likely N-dealkylation sites (N-methyl/N-ethyl adjacent to an activating group) is 1. The van der Waals surface area contributed by atoms with E-state index in [9.17, 15) is 4.79 Å². The monoisotopic (exact) mass is 553 g/mol. The van der Waals surface area contributed by atoms with Gasteiger partial charge in [-0.1, -0.05) is 58.6 Å². The Labute approximate surface area is 229 Å². The van der Waals surface area contributed by atoms with Crippen molar-refractivity contribution in [3.8, 4) is 5.75 Å². The summed E-state index contributed by atoms with van der Waals surface area (Å²) in [5, 5.41) is 16.2. The molecule has 0 spiro atoms. The van der Waals surface area contributed by atoms with Gasteiger partial charge in [0.15, 0.2) is 11.6 Å². The summed E-state index contributed by atoms with van der Waals surface area (Å²) in [6.45, 7) is 0.427. The average molecular weight is 554 g/mol. The second kappa shape index (κ2) is 12.2. The van der Waals surface area contributed by atoms with Crippen LogP contribution in [-0.2, 0) is 16.0 Å². The smallest absolute Gasteiger partial charge is 0.252 e. The summed E-state index contributed by atoms with van der Waals surface area (Å²) in [4.78, 5) is 21.4. The number of carbonyl (C=O) groups excluding carboxylic acids is 1. The molecule has 2 atom stereocenters. The molecule has 0 aromatic heterocycles. The van der Waals surface area contributed by atoms with Crippen LogP contribution < -0.4 is 10.1 Å². The summed E-state index contributed by atoms with van der Waals surface area (Å²) < 4.78 is 12.0. The number of azide groups is 1. The van der Waals surface area contributed by atoms with Crippen molar-refractivity contribution in [3.63, 3.8) is 0 Å². The first-order chi connectivity index (χ1) is 18.4. The van der Waals surface area contributed by atoms with Crippen molar-refractivity contribution in [1.29, 1.82) is 0 Å². The van der Waals surface area contributed by atoms with Gasteiger partial charge in [-0.2, -0.15) is 0 Å². The molecule has 2 N–H and O–H groups in total. The van der Waals surface area contributed by atoms with E-state index in [1.54, 1.807) is 66.7 Å². The van der Waals surface area contributed by atoms with Gasteiger partial charge in [-0.25, -0.2) is 4.99 Å². The fourth-order valence-corrected chi connectivity index (χ4v) is 4.79. The number of halogens is 2. The number of benzene rings is 3. The van der Waals surface area contributed by atoms with E-state index in [0.717, 1.165) is 0 Å². The van der Waals surface area contributed by atoms with Crippen LogP contribution in [0, 0.1) is 0 Å². The molecule has 3 aromatic carbocycles. The van der Waals surface area contributed by atoms with Crippen LogP contribution in [-0.4, -0.2) is 42.7 Å². The lowest BCUT2D eigenvalue weighted by atomic mass is 9.81. The standard InChI is InChI=1S/C27H25Cl2N5O4/c1-31-26(36)27(16-18-5-2-3-6-23(18)33-34-30)24(21-12-9-19(28)15-22(21)29)38-25(32-27)17-7-10-20(11-8-17)37-14-4-13-35/h2-3,5-12,15,24,35H,4,13-14,16H2,1H3,(H,31,36)/t24-,27-/m1/s1. The third kappa shape index (κ3) is 5.71. The van der Waals surface area contributed by atoms with E-state index >= 15 is 0 Å². The molecule has 3 aromatic rings. The number of amides is 1. The number of rotatable bonds is 10. The predicted molar refractivity (Wildman–Crippen MR) is 146 cm³/mol. The summed E-state index contributed by atoms with van der Waals surface area (Å²) in [6.07, 6.45) is -0.327. The van der Waals surface area contributed by atoms with Crippen molar-refractivity contribution in [2.45, 2.75) is 24.5 Å². The normalized spacial score (nSPS) is 18.2. The van der Waals surface area contributed by atoms with Crippen LogP contribution in [0.3, 0.4) is 0 Å². The highest BCUT2D eigenvalue weighted by atomic mass is 35.5. The molecule has 0 bridgehead atoms.